The molecule has 2 aromatic heterocycles. The summed E-state index contributed by atoms with van der Waals surface area (Å²) in [6, 6.07) is 23.4. The summed E-state index contributed by atoms with van der Waals surface area (Å²) in [6.45, 7) is 0.590. The molecule has 2 aromatic carbocycles. The summed E-state index contributed by atoms with van der Waals surface area (Å²) >= 11 is 0. The van der Waals surface area contributed by atoms with Crippen molar-refractivity contribution in [2.24, 2.45) is 0 Å². The van der Waals surface area contributed by atoms with Crippen molar-refractivity contribution in [1.82, 2.24) is 20.1 Å². The molecule has 0 fully saturated rings. The maximum Gasteiger partial charge on any atom is 0.407 e. The zero-order valence-electron chi connectivity index (χ0n) is 16.9. The molecule has 4 aromatic rings. The average molecular weight is 410 g/mol. The molecule has 6 heteroatoms. The van der Waals surface area contributed by atoms with Gasteiger partial charge in [-0.15, -0.1) is 0 Å². The molecular formula is C25H22N4O2. The first-order valence-electron chi connectivity index (χ1n) is 9.96. The lowest BCUT2D eigenvalue weighted by Gasteiger charge is -2.05. The lowest BCUT2D eigenvalue weighted by Crippen LogP contribution is -2.24. The maximum atomic E-state index is 11.9. The molecule has 1 N–H and O–H groups in total. The average Bonchev–Trinajstić information content (AvgIpc) is 3.26. The fourth-order valence-corrected chi connectivity index (χ4v) is 3.06. The van der Waals surface area contributed by atoms with E-state index in [1.807, 2.05) is 95.8 Å². The van der Waals surface area contributed by atoms with Gasteiger partial charge in [-0.05, 0) is 29.8 Å². The second-order valence-corrected chi connectivity index (χ2v) is 6.79. The van der Waals surface area contributed by atoms with Gasteiger partial charge in [0.2, 0.25) is 0 Å². The normalized spacial score (nSPS) is 10.8. The van der Waals surface area contributed by atoms with Gasteiger partial charge in [-0.1, -0.05) is 60.7 Å². The molecule has 2 heterocycles. The van der Waals surface area contributed by atoms with Crippen LogP contribution in [0.3, 0.4) is 0 Å². The number of amides is 1. The fourth-order valence-electron chi connectivity index (χ4n) is 3.06. The minimum absolute atomic E-state index is 0.242. The van der Waals surface area contributed by atoms with E-state index >= 15 is 0 Å². The third-order valence-electron chi connectivity index (χ3n) is 4.59. The highest BCUT2D eigenvalue weighted by Gasteiger charge is 2.10. The smallest absolute Gasteiger partial charge is 0.407 e. The van der Waals surface area contributed by atoms with Crippen LogP contribution >= 0.6 is 0 Å². The van der Waals surface area contributed by atoms with Crippen molar-refractivity contribution >= 4 is 12.2 Å². The molecule has 0 radical (unpaired) electrons. The Morgan fingerprint density at radius 2 is 1.68 bits per heavy atom. The van der Waals surface area contributed by atoms with E-state index in [1.165, 1.54) is 0 Å². The molecule has 4 rings (SSSR count). The van der Waals surface area contributed by atoms with Crippen LogP contribution in [0.4, 0.5) is 4.79 Å². The number of nitrogens with zero attached hydrogens (tertiary/aromatic N) is 3. The maximum absolute atomic E-state index is 11.9. The van der Waals surface area contributed by atoms with Gasteiger partial charge in [0.15, 0.2) is 0 Å². The van der Waals surface area contributed by atoms with Crippen LogP contribution in [0.25, 0.3) is 23.0 Å². The molecule has 154 valence electrons. The van der Waals surface area contributed by atoms with Crippen LogP contribution < -0.4 is 5.32 Å². The quantitative estimate of drug-likeness (QED) is 0.472. The molecule has 0 unspecified atom stereocenters. The molecule has 0 aliphatic carbocycles. The van der Waals surface area contributed by atoms with E-state index in [1.54, 1.807) is 12.4 Å². The van der Waals surface area contributed by atoms with Gasteiger partial charge in [0, 0.05) is 36.3 Å². The topological polar surface area (TPSA) is 69.0 Å². The predicted octanol–water partition coefficient (Wildman–Crippen LogP) is 4.87. The van der Waals surface area contributed by atoms with Crippen molar-refractivity contribution in [1.29, 1.82) is 0 Å². The lowest BCUT2D eigenvalue weighted by atomic mass is 10.1. The summed E-state index contributed by atoms with van der Waals surface area (Å²) in [6.07, 6.45) is 8.82. The number of rotatable bonds is 7. The number of hydrogen-bond acceptors (Lipinski definition) is 4. The van der Waals surface area contributed by atoms with Gasteiger partial charge in [-0.2, -0.15) is 5.10 Å². The number of para-hydroxylation sites is 1. The highest BCUT2D eigenvalue weighted by atomic mass is 16.5. The Morgan fingerprint density at radius 3 is 2.42 bits per heavy atom. The summed E-state index contributed by atoms with van der Waals surface area (Å²) < 4.78 is 7.07. The third-order valence-corrected chi connectivity index (χ3v) is 4.59. The fraction of sp³-hybridized carbons (Fsp3) is 0.0800. The Hall–Kier alpha value is -4.19. The highest BCUT2D eigenvalue weighted by molar-refractivity contribution is 5.72. The third kappa shape index (κ3) is 5.45. The van der Waals surface area contributed by atoms with Gasteiger partial charge in [-0.3, -0.25) is 4.98 Å². The molecule has 0 aliphatic rings. The van der Waals surface area contributed by atoms with Crippen LogP contribution in [0.5, 0.6) is 0 Å². The number of ether oxygens (including phenoxy) is 1. The molecule has 6 nitrogen and oxygen atoms in total. The zero-order chi connectivity index (χ0) is 21.3. The van der Waals surface area contributed by atoms with Crippen molar-refractivity contribution in [3.8, 4) is 16.9 Å². The second-order valence-electron chi connectivity index (χ2n) is 6.79. The van der Waals surface area contributed by atoms with Crippen molar-refractivity contribution in [3.05, 3.63) is 109 Å². The van der Waals surface area contributed by atoms with Crippen molar-refractivity contribution in [2.75, 3.05) is 6.54 Å². The zero-order valence-corrected chi connectivity index (χ0v) is 16.9. The van der Waals surface area contributed by atoms with E-state index < -0.39 is 6.09 Å². The minimum Gasteiger partial charge on any atom is -0.445 e. The van der Waals surface area contributed by atoms with Crippen LogP contribution in [0, 0.1) is 0 Å². The second kappa shape index (κ2) is 10.0. The first-order chi connectivity index (χ1) is 15.3. The molecule has 0 bridgehead atoms. The van der Waals surface area contributed by atoms with Crippen molar-refractivity contribution in [3.63, 3.8) is 0 Å². The molecule has 0 saturated carbocycles. The van der Waals surface area contributed by atoms with Crippen LogP contribution in [0.2, 0.25) is 0 Å². The molecule has 0 saturated heterocycles. The summed E-state index contributed by atoms with van der Waals surface area (Å²) in [5.41, 5.74) is 4.67. The number of aromatic nitrogens is 3. The molecule has 0 aliphatic heterocycles. The van der Waals surface area contributed by atoms with E-state index in [0.29, 0.717) is 6.54 Å². The Balaban J connectivity index is 1.42. The van der Waals surface area contributed by atoms with Crippen LogP contribution in [0.1, 0.15) is 11.1 Å². The number of carbonyl (C=O) groups is 1. The summed E-state index contributed by atoms with van der Waals surface area (Å²) in [7, 11) is 0. The first-order valence-corrected chi connectivity index (χ1v) is 9.96. The monoisotopic (exact) mass is 410 g/mol. The van der Waals surface area contributed by atoms with Crippen LogP contribution in [-0.2, 0) is 11.3 Å². The van der Waals surface area contributed by atoms with Gasteiger partial charge >= 0.3 is 6.09 Å². The number of benzene rings is 2. The predicted molar refractivity (Wildman–Crippen MR) is 120 cm³/mol. The largest absolute Gasteiger partial charge is 0.445 e. The molecule has 0 spiro atoms. The molecular weight excluding hydrogens is 388 g/mol. The number of pyridine rings is 1. The Bertz CT molecular complexity index is 1140. The minimum atomic E-state index is -0.456. The number of nitrogens with one attached hydrogen (secondary N) is 1. The van der Waals surface area contributed by atoms with Gasteiger partial charge in [0.05, 0.1) is 5.69 Å². The Labute approximate surface area is 180 Å². The Morgan fingerprint density at radius 1 is 0.968 bits per heavy atom. The van der Waals surface area contributed by atoms with Crippen molar-refractivity contribution < 1.29 is 9.53 Å². The first kappa shape index (κ1) is 20.1. The van der Waals surface area contributed by atoms with E-state index in [9.17, 15) is 4.79 Å². The number of alkyl carbamates (subject to hydrolysis) is 1. The van der Waals surface area contributed by atoms with E-state index in [0.717, 1.165) is 28.1 Å². The number of hydrogen-bond donors (Lipinski definition) is 1. The summed E-state index contributed by atoms with van der Waals surface area (Å²) in [5.74, 6) is 0. The van der Waals surface area contributed by atoms with Crippen LogP contribution in [-0.4, -0.2) is 27.4 Å². The van der Waals surface area contributed by atoms with E-state index in [2.05, 4.69) is 10.3 Å². The molecule has 0 atom stereocenters. The van der Waals surface area contributed by atoms with E-state index in [-0.39, 0.29) is 6.61 Å². The molecule has 31 heavy (non-hydrogen) atoms. The lowest BCUT2D eigenvalue weighted by molar-refractivity contribution is 0.141. The van der Waals surface area contributed by atoms with Gasteiger partial charge in [0.25, 0.3) is 0 Å². The van der Waals surface area contributed by atoms with E-state index in [4.69, 9.17) is 9.84 Å². The standard InChI is InChI=1S/C25H22N4O2/c30-25(31-19-20-8-3-1-4-9-20)27-15-7-10-22-18-29(23-11-5-2-6-12-23)28-24(22)21-13-16-26-17-14-21/h1-14,16-18H,15,19H2,(H,27,30). The van der Waals surface area contributed by atoms with Gasteiger partial charge in [-0.25, -0.2) is 9.48 Å². The van der Waals surface area contributed by atoms with Crippen LogP contribution in [0.15, 0.2) is 97.5 Å². The SMILES string of the molecule is O=C(NCC=Cc1cn(-c2ccccc2)nc1-c1ccncc1)OCc1ccccc1. The number of carbonyl (C=O) groups excluding carboxylic acids is 1. The van der Waals surface area contributed by atoms with Gasteiger partial charge < -0.3 is 10.1 Å². The Kier molecular flexibility index (Phi) is 6.50. The van der Waals surface area contributed by atoms with Gasteiger partial charge in [0.1, 0.15) is 12.3 Å². The summed E-state index contributed by atoms with van der Waals surface area (Å²) in [4.78, 5) is 16.0. The van der Waals surface area contributed by atoms with Crippen molar-refractivity contribution in [2.45, 2.75) is 6.61 Å². The molecule has 1 amide bonds. The highest BCUT2D eigenvalue weighted by Crippen LogP contribution is 2.24. The summed E-state index contributed by atoms with van der Waals surface area (Å²) in [5, 5.41) is 7.49.